The van der Waals surface area contributed by atoms with Crippen molar-refractivity contribution in [2.75, 3.05) is 11.3 Å². The molecule has 28 heavy (non-hydrogen) atoms. The average Bonchev–Trinajstić information content (AvgIpc) is 3.05. The summed E-state index contributed by atoms with van der Waals surface area (Å²) in [6.07, 6.45) is 1.30. The molecule has 0 aliphatic rings. The summed E-state index contributed by atoms with van der Waals surface area (Å²) in [5.74, 6) is -0.619. The Labute approximate surface area is 164 Å². The Morgan fingerprint density at radius 1 is 1.11 bits per heavy atom. The van der Waals surface area contributed by atoms with E-state index in [0.717, 1.165) is 11.1 Å². The summed E-state index contributed by atoms with van der Waals surface area (Å²) < 4.78 is 34.8. The second-order valence-electron chi connectivity index (χ2n) is 6.30. The van der Waals surface area contributed by atoms with Crippen molar-refractivity contribution in [3.63, 3.8) is 0 Å². The molecule has 1 N–H and O–H groups in total. The number of esters is 1. The fourth-order valence-electron chi connectivity index (χ4n) is 2.66. The highest BCUT2D eigenvalue weighted by Gasteiger charge is 2.25. The smallest absolute Gasteiger partial charge is 0.343 e. The Morgan fingerprint density at radius 3 is 2.46 bits per heavy atom. The van der Waals surface area contributed by atoms with Gasteiger partial charge >= 0.3 is 5.97 Å². The van der Waals surface area contributed by atoms with Crippen LogP contribution in [0.2, 0.25) is 0 Å². The lowest BCUT2D eigenvalue weighted by Crippen LogP contribution is -2.18. The summed E-state index contributed by atoms with van der Waals surface area (Å²) in [6, 6.07) is 13.8. The lowest BCUT2D eigenvalue weighted by Gasteiger charge is -2.13. The molecule has 0 aliphatic heterocycles. The molecule has 0 saturated carbocycles. The van der Waals surface area contributed by atoms with Crippen molar-refractivity contribution in [1.29, 1.82) is 0 Å². The van der Waals surface area contributed by atoms with Crippen molar-refractivity contribution in [1.82, 2.24) is 9.78 Å². The van der Waals surface area contributed by atoms with Gasteiger partial charge in [0.25, 0.3) is 10.0 Å². The topological polar surface area (TPSA) is 90.3 Å². The molecule has 0 radical (unpaired) electrons. The lowest BCUT2D eigenvalue weighted by molar-refractivity contribution is 0.0527. The van der Waals surface area contributed by atoms with Crippen molar-refractivity contribution in [3.05, 3.63) is 71.4 Å². The van der Waals surface area contributed by atoms with E-state index in [4.69, 9.17) is 4.74 Å². The first-order chi connectivity index (χ1) is 13.3. The molecule has 3 rings (SSSR count). The molecule has 0 atom stereocenters. The van der Waals surface area contributed by atoms with Crippen LogP contribution in [0.3, 0.4) is 0 Å². The van der Waals surface area contributed by atoms with E-state index in [9.17, 15) is 13.2 Å². The van der Waals surface area contributed by atoms with E-state index < -0.39 is 16.0 Å². The molecule has 0 amide bonds. The van der Waals surface area contributed by atoms with Gasteiger partial charge in [-0.3, -0.25) is 4.72 Å². The van der Waals surface area contributed by atoms with Crippen molar-refractivity contribution in [2.45, 2.75) is 25.7 Å². The third kappa shape index (κ3) is 4.07. The van der Waals surface area contributed by atoms with Crippen molar-refractivity contribution in [2.24, 2.45) is 0 Å². The predicted molar refractivity (Wildman–Crippen MR) is 106 cm³/mol. The van der Waals surface area contributed by atoms with E-state index in [0.29, 0.717) is 5.69 Å². The lowest BCUT2D eigenvalue weighted by atomic mass is 10.2. The molecule has 0 bridgehead atoms. The van der Waals surface area contributed by atoms with E-state index >= 15 is 0 Å². The highest BCUT2D eigenvalue weighted by atomic mass is 32.2. The number of carbonyl (C=O) groups excluding carboxylic acids is 1. The first-order valence-electron chi connectivity index (χ1n) is 8.73. The number of nitrogens with one attached hydrogen (secondary N) is 1. The largest absolute Gasteiger partial charge is 0.462 e. The minimum Gasteiger partial charge on any atom is -0.462 e. The Hall–Kier alpha value is -3.13. The standard InChI is InChI=1S/C20H21N3O4S/c1-4-27-20(24)18-13-21-23(16-10-8-14(2)9-11-16)19(18)22-28(25,26)17-7-5-6-15(3)12-17/h5-13,22H,4H2,1-3H3. The molecule has 1 heterocycles. The van der Waals surface area contributed by atoms with Gasteiger partial charge in [-0.05, 0) is 50.6 Å². The van der Waals surface area contributed by atoms with Gasteiger partial charge in [-0.25, -0.2) is 17.9 Å². The Bertz CT molecular complexity index is 1100. The van der Waals surface area contributed by atoms with Gasteiger partial charge in [0, 0.05) is 0 Å². The Morgan fingerprint density at radius 2 is 1.82 bits per heavy atom. The summed E-state index contributed by atoms with van der Waals surface area (Å²) in [6.45, 7) is 5.59. The van der Waals surface area contributed by atoms with Crippen molar-refractivity contribution in [3.8, 4) is 5.69 Å². The second-order valence-corrected chi connectivity index (χ2v) is 7.98. The number of aryl methyl sites for hydroxylation is 2. The molecule has 8 heteroatoms. The van der Waals surface area contributed by atoms with Crippen LogP contribution in [-0.2, 0) is 14.8 Å². The number of hydrogen-bond acceptors (Lipinski definition) is 5. The molecule has 0 spiro atoms. The number of rotatable bonds is 6. The maximum absolute atomic E-state index is 12.9. The number of anilines is 1. The second kappa shape index (κ2) is 7.85. The Kier molecular flexibility index (Phi) is 5.51. The van der Waals surface area contributed by atoms with E-state index in [1.165, 1.54) is 16.9 Å². The molecular weight excluding hydrogens is 378 g/mol. The summed E-state index contributed by atoms with van der Waals surface area (Å²) >= 11 is 0. The number of carbonyl (C=O) groups is 1. The third-order valence-corrected chi connectivity index (χ3v) is 5.41. The summed E-state index contributed by atoms with van der Waals surface area (Å²) in [7, 11) is -3.93. The van der Waals surface area contributed by atoms with Crippen LogP contribution in [0.4, 0.5) is 5.82 Å². The zero-order chi connectivity index (χ0) is 20.3. The van der Waals surface area contributed by atoms with Crippen LogP contribution in [0.25, 0.3) is 5.69 Å². The first-order valence-corrected chi connectivity index (χ1v) is 10.2. The monoisotopic (exact) mass is 399 g/mol. The van der Waals surface area contributed by atoms with Gasteiger partial charge < -0.3 is 4.74 Å². The van der Waals surface area contributed by atoms with Crippen LogP contribution < -0.4 is 4.72 Å². The number of sulfonamides is 1. The number of aromatic nitrogens is 2. The zero-order valence-corrected chi connectivity index (χ0v) is 16.7. The SMILES string of the molecule is CCOC(=O)c1cnn(-c2ccc(C)cc2)c1NS(=O)(=O)c1cccc(C)c1. The number of hydrogen-bond donors (Lipinski definition) is 1. The van der Waals surface area contributed by atoms with Gasteiger partial charge in [-0.15, -0.1) is 0 Å². The highest BCUT2D eigenvalue weighted by molar-refractivity contribution is 7.92. The number of nitrogens with zero attached hydrogens (tertiary/aromatic N) is 2. The van der Waals surface area contributed by atoms with Gasteiger partial charge in [0.2, 0.25) is 0 Å². The van der Waals surface area contributed by atoms with E-state index in [-0.39, 0.29) is 22.9 Å². The van der Waals surface area contributed by atoms with Crippen molar-refractivity contribution < 1.29 is 17.9 Å². The van der Waals surface area contributed by atoms with Crippen LogP contribution >= 0.6 is 0 Å². The molecule has 1 aromatic heterocycles. The molecule has 146 valence electrons. The number of ether oxygens (including phenoxy) is 1. The summed E-state index contributed by atoms with van der Waals surface area (Å²) in [4.78, 5) is 12.4. The van der Waals surface area contributed by atoms with E-state index in [2.05, 4.69) is 9.82 Å². The molecule has 0 aliphatic carbocycles. The van der Waals surface area contributed by atoms with Crippen LogP contribution in [0.5, 0.6) is 0 Å². The van der Waals surface area contributed by atoms with Gasteiger partial charge in [-0.2, -0.15) is 5.10 Å². The summed E-state index contributed by atoms with van der Waals surface area (Å²) in [5.41, 5.74) is 2.51. The fraction of sp³-hybridized carbons (Fsp3) is 0.200. The molecule has 7 nitrogen and oxygen atoms in total. The number of benzene rings is 2. The van der Waals surface area contributed by atoms with Crippen molar-refractivity contribution >= 4 is 21.8 Å². The fourth-order valence-corrected chi connectivity index (χ4v) is 3.82. The molecular formula is C20H21N3O4S. The normalized spacial score (nSPS) is 11.2. The van der Waals surface area contributed by atoms with Crippen LogP contribution in [0.1, 0.15) is 28.4 Å². The molecule has 0 fully saturated rings. The van der Waals surface area contributed by atoms with Gasteiger partial charge in [0.05, 0.1) is 23.4 Å². The highest BCUT2D eigenvalue weighted by Crippen LogP contribution is 2.25. The Balaban J connectivity index is 2.10. The minimum absolute atomic E-state index is 0.0313. The minimum atomic E-state index is -3.93. The van der Waals surface area contributed by atoms with Gasteiger partial charge in [0.15, 0.2) is 5.82 Å². The van der Waals surface area contributed by atoms with Crippen LogP contribution in [0, 0.1) is 13.8 Å². The quantitative estimate of drug-likeness (QED) is 0.641. The third-order valence-electron chi connectivity index (χ3n) is 4.07. The zero-order valence-electron chi connectivity index (χ0n) is 15.8. The first kappa shape index (κ1) is 19.6. The molecule has 2 aromatic carbocycles. The molecule has 3 aromatic rings. The van der Waals surface area contributed by atoms with E-state index in [1.807, 2.05) is 19.1 Å². The molecule has 0 unspecified atom stereocenters. The maximum Gasteiger partial charge on any atom is 0.343 e. The average molecular weight is 399 g/mol. The molecule has 0 saturated heterocycles. The van der Waals surface area contributed by atoms with Gasteiger partial charge in [0.1, 0.15) is 5.56 Å². The van der Waals surface area contributed by atoms with Crippen LogP contribution in [0.15, 0.2) is 59.6 Å². The predicted octanol–water partition coefficient (Wildman–Crippen LogP) is 3.47. The van der Waals surface area contributed by atoms with Gasteiger partial charge in [-0.1, -0.05) is 29.8 Å². The van der Waals surface area contributed by atoms with E-state index in [1.54, 1.807) is 44.2 Å². The van der Waals surface area contributed by atoms with Crippen LogP contribution in [-0.4, -0.2) is 30.8 Å². The summed E-state index contributed by atoms with van der Waals surface area (Å²) in [5, 5.41) is 4.20. The maximum atomic E-state index is 12.9.